The summed E-state index contributed by atoms with van der Waals surface area (Å²) in [6.45, 7) is 0. The molecule has 2 rings (SSSR count). The van der Waals surface area contributed by atoms with Gasteiger partial charge in [-0.2, -0.15) is 0 Å². The van der Waals surface area contributed by atoms with Gasteiger partial charge >= 0.3 is 0 Å². The van der Waals surface area contributed by atoms with Crippen molar-refractivity contribution in [3.05, 3.63) is 54.6 Å². The number of phenolic OH excluding ortho intramolecular Hbond substituents is 1. The number of hydrogen-bond donors (Lipinski definition) is 3. The minimum atomic E-state index is -2.40. The highest BCUT2D eigenvalue weighted by Gasteiger charge is 1.87. The van der Waals surface area contributed by atoms with E-state index in [0.29, 0.717) is 10.6 Å². The lowest BCUT2D eigenvalue weighted by Gasteiger charge is -1.90. The van der Waals surface area contributed by atoms with Crippen molar-refractivity contribution in [3.63, 3.8) is 0 Å². The molecule has 4 nitrogen and oxygen atoms in total. The van der Waals surface area contributed by atoms with Crippen LogP contribution >= 0.6 is 0 Å². The first-order valence-electron chi connectivity index (χ1n) is 4.83. The largest absolute Gasteiger partial charge is 0.508 e. The topological polar surface area (TPSA) is 80.4 Å². The summed E-state index contributed by atoms with van der Waals surface area (Å²) in [5, 5.41) is 8.73. The summed E-state index contributed by atoms with van der Waals surface area (Å²) in [6, 6.07) is 14.8. The van der Waals surface area contributed by atoms with Crippen LogP contribution in [0, 0.1) is 0 Å². The molecule has 5 heteroatoms. The van der Waals surface area contributed by atoms with Crippen molar-refractivity contribution >= 4 is 16.4 Å². The Kier molecular flexibility index (Phi) is 5.03. The number of hydrogen-bond acceptors (Lipinski definition) is 4. The van der Waals surface area contributed by atoms with E-state index in [1.165, 1.54) is 6.07 Å². The Morgan fingerprint density at radius 1 is 0.941 bits per heavy atom. The first kappa shape index (κ1) is 13.1. The van der Waals surface area contributed by atoms with Crippen molar-refractivity contribution in [3.8, 4) is 5.75 Å². The van der Waals surface area contributed by atoms with Gasteiger partial charge in [0.1, 0.15) is 5.75 Å². The molecule has 0 bridgehead atoms. The van der Waals surface area contributed by atoms with Crippen molar-refractivity contribution in [2.75, 3.05) is 5.73 Å². The molecule has 0 aromatic heterocycles. The molecule has 2 aromatic rings. The number of nitrogen functional groups attached to an aromatic ring is 1. The first-order valence-corrected chi connectivity index (χ1v) is 6.01. The third-order valence-corrected chi connectivity index (χ3v) is 2.56. The number of thiol groups is 1. The van der Waals surface area contributed by atoms with E-state index in [1.54, 1.807) is 48.5 Å². The van der Waals surface area contributed by atoms with Crippen LogP contribution in [-0.4, -0.2) is 13.5 Å². The van der Waals surface area contributed by atoms with Gasteiger partial charge in [-0.15, -0.1) is 0 Å². The average molecular weight is 251 g/mol. The predicted molar refractivity (Wildman–Crippen MR) is 67.5 cm³/mol. The van der Waals surface area contributed by atoms with Crippen LogP contribution in [0.1, 0.15) is 0 Å². The number of rotatable bonds is 1. The second-order valence-corrected chi connectivity index (χ2v) is 4.22. The Morgan fingerprint density at radius 3 is 1.94 bits per heavy atom. The summed E-state index contributed by atoms with van der Waals surface area (Å²) in [5.74, 6) is 0.213. The van der Waals surface area contributed by atoms with Crippen molar-refractivity contribution in [2.24, 2.45) is 0 Å². The van der Waals surface area contributed by atoms with E-state index in [2.05, 4.69) is 0 Å². The molecular weight excluding hydrogens is 238 g/mol. The van der Waals surface area contributed by atoms with E-state index >= 15 is 0 Å². The van der Waals surface area contributed by atoms with Crippen LogP contribution in [0.2, 0.25) is 0 Å². The number of nitrogens with two attached hydrogens (primary N) is 1. The van der Waals surface area contributed by atoms with Crippen molar-refractivity contribution < 1.29 is 13.5 Å². The summed E-state index contributed by atoms with van der Waals surface area (Å²) in [6.07, 6.45) is 0. The fraction of sp³-hybridized carbons (Fsp3) is 0. The average Bonchev–Trinajstić information content (AvgIpc) is 2.30. The van der Waals surface area contributed by atoms with Gasteiger partial charge in [-0.1, -0.05) is 24.3 Å². The third kappa shape index (κ3) is 5.03. The van der Waals surface area contributed by atoms with E-state index < -0.39 is 10.7 Å². The van der Waals surface area contributed by atoms with Gasteiger partial charge in [0.2, 0.25) is 0 Å². The lowest BCUT2D eigenvalue weighted by Crippen LogP contribution is -1.80. The Morgan fingerprint density at radius 2 is 1.59 bits per heavy atom. The Bertz CT molecular complexity index is 513. The van der Waals surface area contributed by atoms with Gasteiger partial charge in [0, 0.05) is 11.8 Å². The standard InChI is InChI=1S/C6H7NO.C6H6O2S/c7-5-2-1-3-6(8)4-5;7-9(8)6-4-2-1-3-5-6/h1-4,8H,7H2;1-5,9H. The van der Waals surface area contributed by atoms with E-state index in [9.17, 15) is 8.42 Å². The molecule has 0 heterocycles. The van der Waals surface area contributed by atoms with Gasteiger partial charge in [0.05, 0.1) is 4.90 Å². The van der Waals surface area contributed by atoms with Crippen LogP contribution in [0.5, 0.6) is 5.75 Å². The first-order chi connectivity index (χ1) is 8.09. The lowest BCUT2D eigenvalue weighted by atomic mass is 10.3. The van der Waals surface area contributed by atoms with Crippen LogP contribution < -0.4 is 5.73 Å². The molecule has 0 unspecified atom stereocenters. The molecule has 90 valence electrons. The molecule has 0 atom stereocenters. The number of phenols is 1. The molecule has 17 heavy (non-hydrogen) atoms. The molecule has 3 N–H and O–H groups in total. The lowest BCUT2D eigenvalue weighted by molar-refractivity contribution is 0.475. The van der Waals surface area contributed by atoms with Crippen LogP contribution in [-0.2, 0) is 10.7 Å². The number of aromatic hydroxyl groups is 1. The number of anilines is 1. The maximum absolute atomic E-state index is 10.2. The van der Waals surface area contributed by atoms with Crippen LogP contribution in [0.4, 0.5) is 5.69 Å². The second-order valence-electron chi connectivity index (χ2n) is 3.19. The van der Waals surface area contributed by atoms with Crippen LogP contribution in [0.25, 0.3) is 0 Å². The van der Waals surface area contributed by atoms with Crippen LogP contribution in [0.15, 0.2) is 59.5 Å². The molecule has 0 aliphatic rings. The number of benzene rings is 2. The van der Waals surface area contributed by atoms with Gasteiger partial charge in [0.25, 0.3) is 0 Å². The van der Waals surface area contributed by atoms with Gasteiger partial charge in [-0.25, -0.2) is 8.42 Å². The second kappa shape index (κ2) is 6.55. The zero-order valence-electron chi connectivity index (χ0n) is 8.98. The smallest absolute Gasteiger partial charge is 0.168 e. The normalized spacial score (nSPS) is 9.47. The summed E-state index contributed by atoms with van der Waals surface area (Å²) < 4.78 is 20.5. The third-order valence-electron chi connectivity index (χ3n) is 1.84. The Labute approximate surface area is 101 Å². The molecule has 0 aliphatic carbocycles. The van der Waals surface area contributed by atoms with E-state index in [0.717, 1.165) is 0 Å². The maximum atomic E-state index is 10.2. The van der Waals surface area contributed by atoms with Gasteiger partial charge in [0.15, 0.2) is 10.7 Å². The highest BCUT2D eigenvalue weighted by Crippen LogP contribution is 2.10. The van der Waals surface area contributed by atoms with Crippen LogP contribution in [0.3, 0.4) is 0 Å². The molecule has 0 saturated heterocycles. The minimum Gasteiger partial charge on any atom is -0.508 e. The SMILES string of the molecule is Nc1cccc(O)c1.O=[SH](=O)c1ccccc1. The molecule has 0 spiro atoms. The molecule has 0 fully saturated rings. The zero-order valence-corrected chi connectivity index (χ0v) is 9.88. The fourth-order valence-corrected chi connectivity index (χ4v) is 1.49. The summed E-state index contributed by atoms with van der Waals surface area (Å²) >= 11 is 0. The highest BCUT2D eigenvalue weighted by molar-refractivity contribution is 7.72. The zero-order chi connectivity index (χ0) is 12.7. The van der Waals surface area contributed by atoms with Gasteiger partial charge in [-0.3, -0.25) is 0 Å². The van der Waals surface area contributed by atoms with Crippen molar-refractivity contribution in [2.45, 2.75) is 4.90 Å². The summed E-state index contributed by atoms with van der Waals surface area (Å²) in [4.78, 5) is 0.368. The van der Waals surface area contributed by atoms with E-state index in [1.807, 2.05) is 0 Å². The van der Waals surface area contributed by atoms with Crippen molar-refractivity contribution in [1.29, 1.82) is 0 Å². The minimum absolute atomic E-state index is 0.213. The van der Waals surface area contributed by atoms with Crippen molar-refractivity contribution in [1.82, 2.24) is 0 Å². The van der Waals surface area contributed by atoms with E-state index in [4.69, 9.17) is 10.8 Å². The molecule has 0 aliphatic heterocycles. The molecule has 2 aromatic carbocycles. The Balaban J connectivity index is 0.000000171. The van der Waals surface area contributed by atoms with E-state index in [-0.39, 0.29) is 5.75 Å². The maximum Gasteiger partial charge on any atom is 0.168 e. The molecule has 0 saturated carbocycles. The van der Waals surface area contributed by atoms with Gasteiger partial charge in [-0.05, 0) is 24.3 Å². The summed E-state index contributed by atoms with van der Waals surface area (Å²) in [5.41, 5.74) is 5.89. The quantitative estimate of drug-likeness (QED) is 0.531. The van der Waals surface area contributed by atoms with Gasteiger partial charge < -0.3 is 10.8 Å². The monoisotopic (exact) mass is 251 g/mol. The Hall–Kier alpha value is -2.01. The summed E-state index contributed by atoms with van der Waals surface area (Å²) in [7, 11) is -2.40. The fourth-order valence-electron chi connectivity index (χ4n) is 1.07. The highest BCUT2D eigenvalue weighted by atomic mass is 32.2. The predicted octanol–water partition coefficient (Wildman–Crippen LogP) is 1.63. The molecular formula is C12H13NO3S. The molecule has 0 radical (unpaired) electrons. The molecule has 0 amide bonds.